The van der Waals surface area contributed by atoms with Crippen molar-refractivity contribution in [2.75, 3.05) is 18.9 Å². The number of rotatable bonds is 5. The van der Waals surface area contributed by atoms with Crippen molar-refractivity contribution in [3.05, 3.63) is 17.5 Å². The number of anilines is 1. The number of likely N-dealkylation sites (N-methyl/N-ethyl adjacent to an activating group) is 1. The standard InChI is InChI=1S/C15H23N7O2/c1-10-16-12(21-24-10)8-9-22(2)15(23)18-14-17-13(19-20-14)11-6-4-3-5-7-11/h11H,3-9H2,1-2H3,(H2,17,18,19,20,23). The van der Waals surface area contributed by atoms with Gasteiger partial charge in [-0.1, -0.05) is 24.4 Å². The van der Waals surface area contributed by atoms with E-state index in [4.69, 9.17) is 4.52 Å². The van der Waals surface area contributed by atoms with Crippen LogP contribution < -0.4 is 5.32 Å². The molecule has 9 heteroatoms. The van der Waals surface area contributed by atoms with Crippen LogP contribution in [0.5, 0.6) is 0 Å². The van der Waals surface area contributed by atoms with E-state index in [-0.39, 0.29) is 6.03 Å². The minimum absolute atomic E-state index is 0.260. The normalized spacial score (nSPS) is 15.4. The second kappa shape index (κ2) is 7.41. The van der Waals surface area contributed by atoms with Gasteiger partial charge < -0.3 is 9.42 Å². The number of nitrogens with one attached hydrogen (secondary N) is 2. The quantitative estimate of drug-likeness (QED) is 0.867. The largest absolute Gasteiger partial charge is 0.340 e. The molecule has 0 bridgehead atoms. The Morgan fingerprint density at radius 2 is 2.12 bits per heavy atom. The van der Waals surface area contributed by atoms with E-state index < -0.39 is 0 Å². The summed E-state index contributed by atoms with van der Waals surface area (Å²) >= 11 is 0. The number of nitrogens with zero attached hydrogens (tertiary/aromatic N) is 5. The van der Waals surface area contributed by atoms with Crippen LogP contribution in [0.4, 0.5) is 10.7 Å². The zero-order valence-electron chi connectivity index (χ0n) is 14.1. The van der Waals surface area contributed by atoms with E-state index in [1.54, 1.807) is 18.9 Å². The van der Waals surface area contributed by atoms with E-state index in [2.05, 4.69) is 30.6 Å². The van der Waals surface area contributed by atoms with E-state index in [1.165, 1.54) is 19.3 Å². The molecule has 2 N–H and O–H groups in total. The SMILES string of the molecule is Cc1nc(CCN(C)C(=O)Nc2n[nH]c(C3CCCCC3)n2)no1. The molecule has 2 aromatic rings. The predicted molar refractivity (Wildman–Crippen MR) is 86.6 cm³/mol. The molecule has 2 aromatic heterocycles. The Morgan fingerprint density at radius 1 is 1.33 bits per heavy atom. The fourth-order valence-corrected chi connectivity index (χ4v) is 2.89. The van der Waals surface area contributed by atoms with Gasteiger partial charge in [-0.25, -0.2) is 4.79 Å². The topological polar surface area (TPSA) is 113 Å². The van der Waals surface area contributed by atoms with Gasteiger partial charge in [0.25, 0.3) is 0 Å². The van der Waals surface area contributed by atoms with Crippen LogP contribution in [-0.4, -0.2) is 49.8 Å². The van der Waals surface area contributed by atoms with Gasteiger partial charge in [0.1, 0.15) is 5.82 Å². The van der Waals surface area contributed by atoms with Crippen molar-refractivity contribution in [1.82, 2.24) is 30.2 Å². The van der Waals surface area contributed by atoms with Crippen LogP contribution in [0.15, 0.2) is 4.52 Å². The number of H-pyrrole nitrogens is 1. The third-order valence-electron chi connectivity index (χ3n) is 4.30. The van der Waals surface area contributed by atoms with Gasteiger partial charge in [0, 0.05) is 32.9 Å². The summed E-state index contributed by atoms with van der Waals surface area (Å²) < 4.78 is 4.91. The lowest BCUT2D eigenvalue weighted by atomic mass is 9.89. The zero-order valence-corrected chi connectivity index (χ0v) is 14.1. The molecule has 9 nitrogen and oxygen atoms in total. The van der Waals surface area contributed by atoms with Gasteiger partial charge in [0.2, 0.25) is 11.8 Å². The molecular weight excluding hydrogens is 310 g/mol. The average molecular weight is 333 g/mol. The van der Waals surface area contributed by atoms with Gasteiger partial charge >= 0.3 is 6.03 Å². The molecule has 2 heterocycles. The monoisotopic (exact) mass is 333 g/mol. The van der Waals surface area contributed by atoms with Gasteiger partial charge in [0.05, 0.1) is 0 Å². The summed E-state index contributed by atoms with van der Waals surface area (Å²) in [6.07, 6.45) is 6.54. The molecule has 3 rings (SSSR count). The minimum Gasteiger partial charge on any atom is -0.340 e. The van der Waals surface area contributed by atoms with Crippen LogP contribution in [0.1, 0.15) is 55.6 Å². The second-order valence-electron chi connectivity index (χ2n) is 6.21. The van der Waals surface area contributed by atoms with Crippen LogP contribution in [0.2, 0.25) is 0 Å². The van der Waals surface area contributed by atoms with Crippen molar-refractivity contribution in [1.29, 1.82) is 0 Å². The van der Waals surface area contributed by atoms with Gasteiger partial charge in [-0.2, -0.15) is 9.97 Å². The van der Waals surface area contributed by atoms with Gasteiger partial charge in [-0.3, -0.25) is 10.4 Å². The van der Waals surface area contributed by atoms with Crippen molar-refractivity contribution < 1.29 is 9.32 Å². The van der Waals surface area contributed by atoms with Crippen LogP contribution in [0, 0.1) is 6.92 Å². The summed E-state index contributed by atoms with van der Waals surface area (Å²) in [6, 6.07) is -0.260. The van der Waals surface area contributed by atoms with Gasteiger partial charge in [-0.05, 0) is 12.8 Å². The Bertz CT molecular complexity index is 675. The Kier molecular flexibility index (Phi) is 5.07. The third kappa shape index (κ3) is 4.09. The lowest BCUT2D eigenvalue weighted by Gasteiger charge is -2.18. The smallest absolute Gasteiger partial charge is 0.324 e. The molecule has 2 amide bonds. The van der Waals surface area contributed by atoms with Crippen LogP contribution in [0.3, 0.4) is 0 Å². The number of aromatic amines is 1. The molecule has 24 heavy (non-hydrogen) atoms. The molecule has 0 unspecified atom stereocenters. The second-order valence-corrected chi connectivity index (χ2v) is 6.21. The lowest BCUT2D eigenvalue weighted by molar-refractivity contribution is 0.222. The lowest BCUT2D eigenvalue weighted by Crippen LogP contribution is -2.33. The minimum atomic E-state index is -0.260. The van der Waals surface area contributed by atoms with Crippen LogP contribution in [-0.2, 0) is 6.42 Å². The Hall–Kier alpha value is -2.45. The van der Waals surface area contributed by atoms with E-state index in [1.807, 2.05) is 0 Å². The molecule has 0 spiro atoms. The maximum absolute atomic E-state index is 12.2. The van der Waals surface area contributed by atoms with Crippen LogP contribution in [0.25, 0.3) is 0 Å². The first-order valence-corrected chi connectivity index (χ1v) is 8.35. The highest BCUT2D eigenvalue weighted by Gasteiger charge is 2.20. The molecule has 1 aliphatic carbocycles. The highest BCUT2D eigenvalue weighted by atomic mass is 16.5. The van der Waals surface area contributed by atoms with E-state index in [0.717, 1.165) is 18.7 Å². The number of amides is 2. The van der Waals surface area contributed by atoms with Crippen LogP contribution >= 0.6 is 0 Å². The Morgan fingerprint density at radius 3 is 2.83 bits per heavy atom. The molecule has 1 fully saturated rings. The van der Waals surface area contributed by atoms with Crippen molar-refractivity contribution in [2.45, 2.75) is 51.4 Å². The molecule has 1 aliphatic rings. The average Bonchev–Trinajstić information content (AvgIpc) is 3.22. The molecular formula is C15H23N7O2. The number of urea groups is 1. The first-order chi connectivity index (χ1) is 11.6. The van der Waals surface area contributed by atoms with Crippen molar-refractivity contribution in [3.63, 3.8) is 0 Å². The number of hydrogen-bond acceptors (Lipinski definition) is 6. The third-order valence-corrected chi connectivity index (χ3v) is 4.30. The highest BCUT2D eigenvalue weighted by molar-refractivity contribution is 5.87. The number of carbonyl (C=O) groups excluding carboxylic acids is 1. The molecule has 0 radical (unpaired) electrons. The first kappa shape index (κ1) is 16.4. The highest BCUT2D eigenvalue weighted by Crippen LogP contribution is 2.30. The van der Waals surface area contributed by atoms with E-state index in [0.29, 0.717) is 36.5 Å². The summed E-state index contributed by atoms with van der Waals surface area (Å²) in [5.74, 6) is 2.73. The molecule has 130 valence electrons. The summed E-state index contributed by atoms with van der Waals surface area (Å²) in [5, 5.41) is 13.6. The zero-order chi connectivity index (χ0) is 16.9. The molecule has 0 aromatic carbocycles. The number of hydrogen-bond donors (Lipinski definition) is 2. The maximum atomic E-state index is 12.2. The predicted octanol–water partition coefficient (Wildman–Crippen LogP) is 2.25. The summed E-state index contributed by atoms with van der Waals surface area (Å²) in [4.78, 5) is 22.3. The summed E-state index contributed by atoms with van der Waals surface area (Å²) in [7, 11) is 1.71. The maximum Gasteiger partial charge on any atom is 0.324 e. The molecule has 0 atom stereocenters. The van der Waals surface area contributed by atoms with E-state index >= 15 is 0 Å². The van der Waals surface area contributed by atoms with Crippen molar-refractivity contribution >= 4 is 12.0 Å². The summed E-state index contributed by atoms with van der Waals surface area (Å²) in [6.45, 7) is 2.21. The number of carbonyl (C=O) groups is 1. The number of aryl methyl sites for hydroxylation is 1. The summed E-state index contributed by atoms with van der Waals surface area (Å²) in [5.41, 5.74) is 0. The van der Waals surface area contributed by atoms with E-state index in [9.17, 15) is 4.79 Å². The van der Waals surface area contributed by atoms with Crippen molar-refractivity contribution in [2.24, 2.45) is 0 Å². The molecule has 0 aliphatic heterocycles. The molecule has 0 saturated heterocycles. The van der Waals surface area contributed by atoms with Crippen molar-refractivity contribution in [3.8, 4) is 0 Å². The molecule has 1 saturated carbocycles. The first-order valence-electron chi connectivity index (χ1n) is 8.35. The Balaban J connectivity index is 1.49. The van der Waals surface area contributed by atoms with Gasteiger partial charge in [-0.15, -0.1) is 5.10 Å². The fraction of sp³-hybridized carbons (Fsp3) is 0.667. The fourth-order valence-electron chi connectivity index (χ4n) is 2.89. The van der Waals surface area contributed by atoms with Gasteiger partial charge in [0.15, 0.2) is 5.82 Å². The number of aromatic nitrogens is 5. The Labute approximate surface area is 140 Å².